The first kappa shape index (κ1) is 21.6. The zero-order chi connectivity index (χ0) is 23.3. The molecule has 0 bridgehead atoms. The summed E-state index contributed by atoms with van der Waals surface area (Å²) in [5.74, 6) is 0.719. The van der Waals surface area contributed by atoms with Gasteiger partial charge in [0.05, 0.1) is 6.20 Å². The Bertz CT molecular complexity index is 1430. The summed E-state index contributed by atoms with van der Waals surface area (Å²) in [5, 5.41) is 13.0. The van der Waals surface area contributed by atoms with Gasteiger partial charge in [-0.25, -0.2) is 4.98 Å². The first-order valence-electron chi connectivity index (χ1n) is 10.7. The van der Waals surface area contributed by atoms with Crippen molar-refractivity contribution >= 4 is 23.6 Å². The summed E-state index contributed by atoms with van der Waals surface area (Å²) in [7, 11) is 0. The third-order valence-corrected chi connectivity index (χ3v) is 6.27. The molecule has 2 N–H and O–H groups in total. The smallest absolute Gasteiger partial charge is 0.258 e. The van der Waals surface area contributed by atoms with Crippen LogP contribution < -0.4 is 5.32 Å². The first-order valence-corrected chi connectivity index (χ1v) is 11.5. The van der Waals surface area contributed by atoms with Crippen molar-refractivity contribution in [2.24, 2.45) is 0 Å². The third kappa shape index (κ3) is 4.72. The van der Waals surface area contributed by atoms with Gasteiger partial charge in [0.2, 0.25) is 11.8 Å². The number of benzene rings is 4. The van der Waals surface area contributed by atoms with Gasteiger partial charge < -0.3 is 9.52 Å². The number of oxazole rings is 1. The molecule has 4 aromatic carbocycles. The number of phenolic OH excluding ortho intramolecular Hbond substituents is 1. The van der Waals surface area contributed by atoms with Gasteiger partial charge in [-0.1, -0.05) is 66.4 Å². The molecule has 1 amide bonds. The van der Waals surface area contributed by atoms with Crippen LogP contribution in [0, 0.1) is 0 Å². The van der Waals surface area contributed by atoms with E-state index in [1.165, 1.54) is 6.20 Å². The SMILES string of the molecule is O=C(Nc1cnc(-c2ccc(Sc3ccccc3-c3ccccc3O)cc2)o1)c1ccccc1. The number of nitrogens with one attached hydrogen (secondary N) is 1. The fourth-order valence-corrected chi connectivity index (χ4v) is 4.47. The van der Waals surface area contributed by atoms with Crippen LogP contribution in [0.1, 0.15) is 10.4 Å². The highest BCUT2D eigenvalue weighted by atomic mass is 32.2. The molecule has 166 valence electrons. The summed E-state index contributed by atoms with van der Waals surface area (Å²) in [6, 6.07) is 32.1. The Morgan fingerprint density at radius 1 is 0.794 bits per heavy atom. The summed E-state index contributed by atoms with van der Waals surface area (Å²) in [6.45, 7) is 0. The lowest BCUT2D eigenvalue weighted by molar-refractivity contribution is 0.102. The molecule has 5 rings (SSSR count). The molecule has 0 saturated carbocycles. The number of carbonyl (C=O) groups is 1. The van der Waals surface area contributed by atoms with E-state index < -0.39 is 0 Å². The molecule has 6 heteroatoms. The number of phenols is 1. The zero-order valence-electron chi connectivity index (χ0n) is 18.0. The number of aromatic hydroxyl groups is 1. The second kappa shape index (κ2) is 9.68. The van der Waals surface area contributed by atoms with E-state index in [1.54, 1.807) is 42.1 Å². The van der Waals surface area contributed by atoms with E-state index in [0.717, 1.165) is 26.5 Å². The van der Waals surface area contributed by atoms with Crippen LogP contribution >= 0.6 is 11.8 Å². The fourth-order valence-electron chi connectivity index (χ4n) is 3.51. The predicted molar refractivity (Wildman–Crippen MR) is 134 cm³/mol. The number of amides is 1. The number of hydrogen-bond donors (Lipinski definition) is 2. The summed E-state index contributed by atoms with van der Waals surface area (Å²) in [4.78, 5) is 18.7. The minimum absolute atomic E-state index is 0.252. The molecule has 5 nitrogen and oxygen atoms in total. The topological polar surface area (TPSA) is 75.4 Å². The third-order valence-electron chi connectivity index (χ3n) is 5.19. The number of hydrogen-bond acceptors (Lipinski definition) is 5. The molecule has 0 saturated heterocycles. The monoisotopic (exact) mass is 464 g/mol. The molecule has 1 aromatic heterocycles. The van der Waals surface area contributed by atoms with Gasteiger partial charge in [0.25, 0.3) is 5.91 Å². The Balaban J connectivity index is 1.31. The van der Waals surface area contributed by atoms with Crippen LogP contribution in [0.25, 0.3) is 22.6 Å². The van der Waals surface area contributed by atoms with Gasteiger partial charge in [0, 0.05) is 26.5 Å². The number of aromatic nitrogens is 1. The molecule has 0 aliphatic carbocycles. The van der Waals surface area contributed by atoms with Gasteiger partial charge in [0.1, 0.15) is 5.75 Å². The van der Waals surface area contributed by atoms with E-state index in [0.29, 0.717) is 17.3 Å². The molecule has 0 aliphatic rings. The summed E-state index contributed by atoms with van der Waals surface area (Å²) >= 11 is 1.61. The minimum atomic E-state index is -0.252. The minimum Gasteiger partial charge on any atom is -0.507 e. The maximum atomic E-state index is 12.3. The molecule has 1 heterocycles. The number of nitrogens with zero attached hydrogens (tertiary/aromatic N) is 1. The Morgan fingerprint density at radius 2 is 1.47 bits per heavy atom. The van der Waals surface area contributed by atoms with Crippen molar-refractivity contribution in [3.63, 3.8) is 0 Å². The maximum absolute atomic E-state index is 12.3. The lowest BCUT2D eigenvalue weighted by atomic mass is 10.0. The van der Waals surface area contributed by atoms with Gasteiger partial charge in [-0.05, 0) is 54.1 Å². The van der Waals surface area contributed by atoms with Crippen molar-refractivity contribution in [2.45, 2.75) is 9.79 Å². The van der Waals surface area contributed by atoms with E-state index in [1.807, 2.05) is 72.8 Å². The highest BCUT2D eigenvalue weighted by Crippen LogP contribution is 2.39. The van der Waals surface area contributed by atoms with Crippen molar-refractivity contribution < 1.29 is 14.3 Å². The predicted octanol–water partition coefficient (Wildman–Crippen LogP) is 7.12. The summed E-state index contributed by atoms with van der Waals surface area (Å²) in [6.07, 6.45) is 1.50. The van der Waals surface area contributed by atoms with Crippen LogP contribution in [-0.4, -0.2) is 16.0 Å². The Morgan fingerprint density at radius 3 is 2.24 bits per heavy atom. The van der Waals surface area contributed by atoms with Crippen molar-refractivity contribution in [3.8, 4) is 28.3 Å². The van der Waals surface area contributed by atoms with Crippen LogP contribution in [0.3, 0.4) is 0 Å². The van der Waals surface area contributed by atoms with Gasteiger partial charge in [0.15, 0.2) is 0 Å². The Kier molecular flexibility index (Phi) is 6.14. The molecule has 34 heavy (non-hydrogen) atoms. The zero-order valence-corrected chi connectivity index (χ0v) is 18.8. The molecular weight excluding hydrogens is 444 g/mol. The molecule has 0 spiro atoms. The van der Waals surface area contributed by atoms with E-state index in [2.05, 4.69) is 10.3 Å². The van der Waals surface area contributed by atoms with Crippen molar-refractivity contribution in [1.82, 2.24) is 4.98 Å². The number of rotatable bonds is 6. The highest BCUT2D eigenvalue weighted by molar-refractivity contribution is 7.99. The standard InChI is InChI=1S/C28H20N2O3S/c31-24-12-6-4-10-22(24)23-11-5-7-13-25(23)34-21-16-14-20(15-17-21)28-29-18-26(33-28)30-27(32)19-8-2-1-3-9-19/h1-18,31H,(H,30,32). The normalized spacial score (nSPS) is 10.7. The lowest BCUT2D eigenvalue weighted by Crippen LogP contribution is -2.10. The second-order valence-corrected chi connectivity index (χ2v) is 8.60. The Labute approximate surface area is 201 Å². The van der Waals surface area contributed by atoms with Crippen LogP contribution in [0.2, 0.25) is 0 Å². The molecule has 0 unspecified atom stereocenters. The van der Waals surface area contributed by atoms with Crippen LogP contribution in [0.15, 0.2) is 124 Å². The number of para-hydroxylation sites is 1. The largest absolute Gasteiger partial charge is 0.507 e. The molecule has 5 aromatic rings. The first-order chi connectivity index (χ1) is 16.7. The second-order valence-electron chi connectivity index (χ2n) is 7.49. The average molecular weight is 465 g/mol. The maximum Gasteiger partial charge on any atom is 0.258 e. The van der Waals surface area contributed by atoms with Crippen molar-refractivity contribution in [3.05, 3.63) is 115 Å². The van der Waals surface area contributed by atoms with E-state index >= 15 is 0 Å². The number of anilines is 1. The summed E-state index contributed by atoms with van der Waals surface area (Å²) < 4.78 is 5.73. The molecule has 0 radical (unpaired) electrons. The Hall–Kier alpha value is -4.29. The number of carbonyl (C=O) groups excluding carboxylic acids is 1. The average Bonchev–Trinajstić information content (AvgIpc) is 3.34. The van der Waals surface area contributed by atoms with E-state index in [9.17, 15) is 9.90 Å². The highest BCUT2D eigenvalue weighted by Gasteiger charge is 2.13. The van der Waals surface area contributed by atoms with E-state index in [4.69, 9.17) is 4.42 Å². The molecule has 0 fully saturated rings. The van der Waals surface area contributed by atoms with Crippen LogP contribution in [0.5, 0.6) is 5.75 Å². The lowest BCUT2D eigenvalue weighted by Gasteiger charge is -2.11. The van der Waals surface area contributed by atoms with Gasteiger partial charge in [-0.3, -0.25) is 10.1 Å². The van der Waals surface area contributed by atoms with Crippen molar-refractivity contribution in [1.29, 1.82) is 0 Å². The van der Waals surface area contributed by atoms with Crippen LogP contribution in [0.4, 0.5) is 5.88 Å². The quantitative estimate of drug-likeness (QED) is 0.280. The molecule has 0 aliphatic heterocycles. The van der Waals surface area contributed by atoms with Crippen molar-refractivity contribution in [2.75, 3.05) is 5.32 Å². The van der Waals surface area contributed by atoms with Gasteiger partial charge >= 0.3 is 0 Å². The fraction of sp³-hybridized carbons (Fsp3) is 0. The summed E-state index contributed by atoms with van der Waals surface area (Å²) in [5.41, 5.74) is 3.12. The molecular formula is C28H20N2O3S. The molecule has 0 atom stereocenters. The van der Waals surface area contributed by atoms with Gasteiger partial charge in [-0.15, -0.1) is 0 Å². The van der Waals surface area contributed by atoms with Gasteiger partial charge in [-0.2, -0.15) is 0 Å². The van der Waals surface area contributed by atoms with E-state index in [-0.39, 0.29) is 11.7 Å². The van der Waals surface area contributed by atoms with Crippen LogP contribution in [-0.2, 0) is 0 Å².